The van der Waals surface area contributed by atoms with Gasteiger partial charge in [0.05, 0.1) is 5.56 Å². The van der Waals surface area contributed by atoms with Gasteiger partial charge in [-0.3, -0.25) is 14.4 Å². The third-order valence-electron chi connectivity index (χ3n) is 2.17. The summed E-state index contributed by atoms with van der Waals surface area (Å²) in [4.78, 5) is 36.3. The van der Waals surface area contributed by atoms with Crippen LogP contribution >= 0.6 is 11.3 Å². The van der Waals surface area contributed by atoms with Crippen molar-refractivity contribution in [1.29, 1.82) is 0 Å². The average molecular weight is 263 g/mol. The maximum absolute atomic E-state index is 11.8. The monoisotopic (exact) mass is 263 g/mol. The van der Waals surface area contributed by atoms with Crippen LogP contribution in [0, 0.1) is 0 Å². The zero-order valence-electron chi connectivity index (χ0n) is 9.10. The van der Waals surface area contributed by atoms with Crippen LogP contribution in [0.4, 0.5) is 5.00 Å². The minimum absolute atomic E-state index is 0.117. The van der Waals surface area contributed by atoms with Crippen LogP contribution in [0.1, 0.15) is 20.8 Å². The summed E-state index contributed by atoms with van der Waals surface area (Å²) < 4.78 is 0. The zero-order chi connectivity index (χ0) is 13.1. The topological polar surface area (TPSA) is 105 Å². The highest BCUT2D eigenvalue weighted by molar-refractivity contribution is 7.14. The number of primary amides is 1. The molecule has 92 valence electrons. The van der Waals surface area contributed by atoms with Crippen molar-refractivity contribution in [3.05, 3.63) is 51.3 Å². The maximum atomic E-state index is 11.8. The summed E-state index contributed by atoms with van der Waals surface area (Å²) in [5, 5.41) is 4.52. The largest absolute Gasteiger partial charge is 0.366 e. The van der Waals surface area contributed by atoms with E-state index in [1.54, 1.807) is 5.38 Å². The highest BCUT2D eigenvalue weighted by Gasteiger charge is 2.13. The predicted molar refractivity (Wildman–Crippen MR) is 67.9 cm³/mol. The Morgan fingerprint density at radius 3 is 2.72 bits per heavy atom. The molecule has 0 aliphatic heterocycles. The summed E-state index contributed by atoms with van der Waals surface area (Å²) in [6, 6.07) is 5.76. The second-order valence-corrected chi connectivity index (χ2v) is 4.33. The van der Waals surface area contributed by atoms with Crippen LogP contribution < -0.4 is 16.6 Å². The molecule has 0 saturated heterocycles. The molecule has 18 heavy (non-hydrogen) atoms. The van der Waals surface area contributed by atoms with Gasteiger partial charge in [-0.15, -0.1) is 11.3 Å². The Hall–Kier alpha value is -2.41. The molecule has 2 heterocycles. The Labute approximate surface area is 105 Å². The third-order valence-corrected chi connectivity index (χ3v) is 3.00. The van der Waals surface area contributed by atoms with Gasteiger partial charge < -0.3 is 16.0 Å². The fraction of sp³-hybridized carbons (Fsp3) is 0. The van der Waals surface area contributed by atoms with Crippen LogP contribution in [0.3, 0.4) is 0 Å². The van der Waals surface area contributed by atoms with Crippen LogP contribution in [-0.4, -0.2) is 16.8 Å². The number of aromatic nitrogens is 1. The van der Waals surface area contributed by atoms with E-state index >= 15 is 0 Å². The van der Waals surface area contributed by atoms with E-state index in [0.29, 0.717) is 5.00 Å². The van der Waals surface area contributed by atoms with Gasteiger partial charge in [0, 0.05) is 6.07 Å². The Morgan fingerprint density at radius 1 is 1.28 bits per heavy atom. The number of carbonyl (C=O) groups excluding carboxylic acids is 2. The SMILES string of the molecule is NC(=O)c1ccsc1NC(=O)c1cccc(=O)[nH]1. The van der Waals surface area contributed by atoms with Crippen LogP contribution in [0.15, 0.2) is 34.4 Å². The lowest BCUT2D eigenvalue weighted by atomic mass is 10.3. The molecule has 0 bridgehead atoms. The molecule has 0 aromatic carbocycles. The number of anilines is 1. The number of nitrogens with two attached hydrogens (primary N) is 1. The number of H-pyrrole nitrogens is 1. The minimum atomic E-state index is -0.617. The third kappa shape index (κ3) is 2.46. The minimum Gasteiger partial charge on any atom is -0.366 e. The van der Waals surface area contributed by atoms with Gasteiger partial charge in [0.2, 0.25) is 5.56 Å². The van der Waals surface area contributed by atoms with Crippen molar-refractivity contribution in [2.45, 2.75) is 0 Å². The molecule has 6 nitrogen and oxygen atoms in total. The number of hydrogen-bond donors (Lipinski definition) is 3. The summed E-state index contributed by atoms with van der Waals surface area (Å²) in [6.07, 6.45) is 0. The Kier molecular flexibility index (Phi) is 3.24. The van der Waals surface area contributed by atoms with E-state index in [0.717, 1.165) is 0 Å². The molecule has 2 amide bonds. The van der Waals surface area contributed by atoms with Gasteiger partial charge in [-0.25, -0.2) is 0 Å². The first-order valence-corrected chi connectivity index (χ1v) is 5.84. The molecule has 7 heteroatoms. The molecule has 2 aromatic heterocycles. The molecule has 2 rings (SSSR count). The van der Waals surface area contributed by atoms with Crippen LogP contribution in [0.5, 0.6) is 0 Å². The van der Waals surface area contributed by atoms with E-state index in [1.807, 2.05) is 0 Å². The van der Waals surface area contributed by atoms with Gasteiger partial charge in [-0.05, 0) is 17.5 Å². The van der Waals surface area contributed by atoms with Crippen molar-refractivity contribution in [3.8, 4) is 0 Å². The summed E-state index contributed by atoms with van der Waals surface area (Å²) >= 11 is 1.18. The molecule has 0 saturated carbocycles. The second kappa shape index (κ2) is 4.84. The molecule has 0 fully saturated rings. The standard InChI is InChI=1S/C11H9N3O3S/c12-9(16)6-4-5-18-11(6)14-10(17)7-2-1-3-8(15)13-7/h1-5H,(H2,12,16)(H,13,15)(H,14,17). The van der Waals surface area contributed by atoms with E-state index in [4.69, 9.17) is 5.73 Å². The Balaban J connectivity index is 2.24. The lowest BCUT2D eigenvalue weighted by molar-refractivity contribution is 0.100. The van der Waals surface area contributed by atoms with E-state index in [9.17, 15) is 14.4 Å². The summed E-state index contributed by atoms with van der Waals surface area (Å²) in [6.45, 7) is 0. The first kappa shape index (κ1) is 12.1. The fourth-order valence-electron chi connectivity index (χ4n) is 1.35. The van der Waals surface area contributed by atoms with Crippen molar-refractivity contribution in [3.63, 3.8) is 0 Å². The summed E-state index contributed by atoms with van der Waals surface area (Å²) in [5.74, 6) is -1.12. The van der Waals surface area contributed by atoms with Crippen molar-refractivity contribution >= 4 is 28.2 Å². The number of nitrogens with one attached hydrogen (secondary N) is 2. The second-order valence-electron chi connectivity index (χ2n) is 3.41. The molecule has 0 spiro atoms. The first-order chi connectivity index (χ1) is 8.58. The van der Waals surface area contributed by atoms with Crippen molar-refractivity contribution in [2.24, 2.45) is 5.73 Å². The maximum Gasteiger partial charge on any atom is 0.272 e. The molecule has 2 aromatic rings. The molecule has 0 radical (unpaired) electrons. The van der Waals surface area contributed by atoms with E-state index in [2.05, 4.69) is 10.3 Å². The number of carbonyl (C=O) groups is 2. The highest BCUT2D eigenvalue weighted by Crippen LogP contribution is 2.22. The average Bonchev–Trinajstić information content (AvgIpc) is 2.77. The molecule has 0 unspecified atom stereocenters. The number of pyridine rings is 1. The van der Waals surface area contributed by atoms with Gasteiger partial charge in [0.15, 0.2) is 0 Å². The van der Waals surface area contributed by atoms with Crippen molar-refractivity contribution < 1.29 is 9.59 Å². The Bertz CT molecular complexity index is 659. The summed E-state index contributed by atoms with van der Waals surface area (Å²) in [5.41, 5.74) is 5.14. The quantitative estimate of drug-likeness (QED) is 0.762. The number of rotatable bonds is 3. The van der Waals surface area contributed by atoms with Gasteiger partial charge in [-0.1, -0.05) is 6.07 Å². The van der Waals surface area contributed by atoms with Crippen molar-refractivity contribution in [1.82, 2.24) is 4.98 Å². The molecule has 0 atom stereocenters. The van der Waals surface area contributed by atoms with Gasteiger partial charge in [0.25, 0.3) is 11.8 Å². The molecular weight excluding hydrogens is 254 g/mol. The number of amides is 2. The van der Waals surface area contributed by atoms with Gasteiger partial charge in [0.1, 0.15) is 10.7 Å². The van der Waals surface area contributed by atoms with E-state index < -0.39 is 11.8 Å². The fourth-order valence-corrected chi connectivity index (χ4v) is 2.14. The first-order valence-electron chi connectivity index (χ1n) is 4.96. The lowest BCUT2D eigenvalue weighted by Crippen LogP contribution is -2.19. The normalized spacial score (nSPS) is 10.0. The van der Waals surface area contributed by atoms with Crippen LogP contribution in [0.2, 0.25) is 0 Å². The van der Waals surface area contributed by atoms with E-state index in [1.165, 1.54) is 35.6 Å². The van der Waals surface area contributed by atoms with E-state index in [-0.39, 0.29) is 16.8 Å². The molecule has 0 aliphatic carbocycles. The molecular formula is C11H9N3O3S. The van der Waals surface area contributed by atoms with Gasteiger partial charge >= 0.3 is 0 Å². The Morgan fingerprint density at radius 2 is 2.06 bits per heavy atom. The number of thiophene rings is 1. The highest BCUT2D eigenvalue weighted by atomic mass is 32.1. The predicted octanol–water partition coefficient (Wildman–Crippen LogP) is 0.788. The van der Waals surface area contributed by atoms with Crippen molar-refractivity contribution in [2.75, 3.05) is 5.32 Å². The molecule has 0 aliphatic rings. The number of hydrogen-bond acceptors (Lipinski definition) is 4. The number of aromatic amines is 1. The molecule has 4 N–H and O–H groups in total. The smallest absolute Gasteiger partial charge is 0.272 e. The lowest BCUT2D eigenvalue weighted by Gasteiger charge is -2.03. The van der Waals surface area contributed by atoms with Crippen LogP contribution in [0.25, 0.3) is 0 Å². The van der Waals surface area contributed by atoms with Gasteiger partial charge in [-0.2, -0.15) is 0 Å². The zero-order valence-corrected chi connectivity index (χ0v) is 9.91. The summed E-state index contributed by atoms with van der Waals surface area (Å²) in [7, 11) is 0. The van der Waals surface area contributed by atoms with Crippen LogP contribution in [-0.2, 0) is 0 Å².